The Kier molecular flexibility index (Phi) is 12.2. The molecule has 3 amide bonds. The average molecular weight is 433 g/mol. The Bertz CT molecular complexity index is 627. The quantitative estimate of drug-likeness (QED) is 0.128. The van der Waals surface area contributed by atoms with Crippen LogP contribution in [0.2, 0.25) is 0 Å². The fourth-order valence-electron chi connectivity index (χ4n) is 2.36. The summed E-state index contributed by atoms with van der Waals surface area (Å²) in [5.74, 6) is -5.23. The van der Waals surface area contributed by atoms with Gasteiger partial charge in [-0.3, -0.25) is 19.2 Å². The van der Waals surface area contributed by atoms with E-state index in [1.54, 1.807) is 0 Å². The van der Waals surface area contributed by atoms with Crippen LogP contribution in [-0.4, -0.2) is 81.8 Å². The molecule has 30 heavy (non-hydrogen) atoms. The van der Waals surface area contributed by atoms with Crippen molar-refractivity contribution in [1.82, 2.24) is 16.0 Å². The van der Waals surface area contributed by atoms with Crippen LogP contribution in [0.4, 0.5) is 0 Å². The largest absolute Gasteiger partial charge is 0.481 e. The van der Waals surface area contributed by atoms with Crippen LogP contribution in [-0.2, 0) is 24.0 Å². The third-order valence-corrected chi connectivity index (χ3v) is 4.11. The van der Waals surface area contributed by atoms with Gasteiger partial charge in [-0.25, -0.2) is 4.79 Å². The zero-order chi connectivity index (χ0) is 23.4. The number of hydrogen-bond donors (Lipinski definition) is 8. The van der Waals surface area contributed by atoms with E-state index in [1.807, 2.05) is 0 Å². The van der Waals surface area contributed by atoms with Gasteiger partial charge in [-0.05, 0) is 39.7 Å². The van der Waals surface area contributed by atoms with Crippen molar-refractivity contribution in [1.29, 1.82) is 0 Å². The maximum Gasteiger partial charge on any atom is 0.326 e. The Balaban J connectivity index is 4.97. The van der Waals surface area contributed by atoms with E-state index in [0.29, 0.717) is 19.4 Å². The number of carboxylic acid groups (broad SMARTS) is 2. The molecule has 0 heterocycles. The van der Waals surface area contributed by atoms with Crippen molar-refractivity contribution in [2.45, 2.75) is 69.8 Å². The minimum Gasteiger partial charge on any atom is -0.481 e. The van der Waals surface area contributed by atoms with Gasteiger partial charge in [-0.2, -0.15) is 0 Å². The van der Waals surface area contributed by atoms with E-state index in [0.717, 1.165) is 0 Å². The third-order valence-electron chi connectivity index (χ3n) is 4.11. The van der Waals surface area contributed by atoms with E-state index >= 15 is 0 Å². The van der Waals surface area contributed by atoms with Crippen molar-refractivity contribution in [3.8, 4) is 0 Å². The van der Waals surface area contributed by atoms with Crippen LogP contribution in [0.15, 0.2) is 0 Å². The molecule has 0 spiro atoms. The van der Waals surface area contributed by atoms with Crippen LogP contribution < -0.4 is 27.4 Å². The monoisotopic (exact) mass is 433 g/mol. The predicted octanol–water partition coefficient (Wildman–Crippen LogP) is -3.14. The SMILES string of the molecule is CC(NC(=O)C(N)CC(=O)O)C(=O)NC(C(=O)NC(CCCCN)C(=O)O)C(C)O. The minimum absolute atomic E-state index is 0.118. The van der Waals surface area contributed by atoms with E-state index in [9.17, 15) is 34.2 Å². The van der Waals surface area contributed by atoms with Gasteiger partial charge in [0.05, 0.1) is 18.6 Å². The lowest BCUT2D eigenvalue weighted by Gasteiger charge is -2.25. The molecular weight excluding hydrogens is 402 g/mol. The van der Waals surface area contributed by atoms with Gasteiger partial charge in [0.2, 0.25) is 17.7 Å². The predicted molar refractivity (Wildman–Crippen MR) is 104 cm³/mol. The number of nitrogens with one attached hydrogen (secondary N) is 3. The van der Waals surface area contributed by atoms with Crippen LogP contribution in [0.1, 0.15) is 39.5 Å². The zero-order valence-electron chi connectivity index (χ0n) is 17.0. The van der Waals surface area contributed by atoms with Crippen LogP contribution in [0, 0.1) is 0 Å². The first kappa shape index (κ1) is 27.2. The summed E-state index contributed by atoms with van der Waals surface area (Å²) in [5, 5.41) is 34.4. The van der Waals surface area contributed by atoms with Crippen molar-refractivity contribution in [3.63, 3.8) is 0 Å². The number of aliphatic hydroxyl groups is 1. The maximum atomic E-state index is 12.4. The van der Waals surface area contributed by atoms with Gasteiger partial charge < -0.3 is 42.7 Å². The zero-order valence-corrected chi connectivity index (χ0v) is 17.0. The summed E-state index contributed by atoms with van der Waals surface area (Å²) < 4.78 is 0. The number of carboxylic acids is 2. The Morgan fingerprint density at radius 1 is 0.900 bits per heavy atom. The molecule has 0 aliphatic heterocycles. The number of rotatable bonds is 14. The molecule has 0 fully saturated rings. The summed E-state index contributed by atoms with van der Waals surface area (Å²) in [4.78, 5) is 58.4. The second-order valence-corrected chi connectivity index (χ2v) is 6.85. The highest BCUT2D eigenvalue weighted by Crippen LogP contribution is 2.03. The Morgan fingerprint density at radius 2 is 1.50 bits per heavy atom. The smallest absolute Gasteiger partial charge is 0.326 e. The van der Waals surface area contributed by atoms with Gasteiger partial charge in [-0.15, -0.1) is 0 Å². The number of aliphatic hydroxyl groups excluding tert-OH is 1. The topological polar surface area (TPSA) is 234 Å². The normalized spacial score (nSPS) is 15.8. The van der Waals surface area contributed by atoms with Gasteiger partial charge in [0.25, 0.3) is 0 Å². The lowest BCUT2D eigenvalue weighted by Crippen LogP contribution is -2.59. The van der Waals surface area contributed by atoms with Crippen molar-refractivity contribution in [3.05, 3.63) is 0 Å². The highest BCUT2D eigenvalue weighted by molar-refractivity contribution is 5.94. The average Bonchev–Trinajstić information content (AvgIpc) is 2.63. The molecule has 0 rings (SSSR count). The fourth-order valence-corrected chi connectivity index (χ4v) is 2.36. The molecule has 13 heteroatoms. The van der Waals surface area contributed by atoms with E-state index in [-0.39, 0.29) is 6.42 Å². The van der Waals surface area contributed by atoms with E-state index in [2.05, 4.69) is 16.0 Å². The molecule has 0 aliphatic rings. The molecule has 13 nitrogen and oxygen atoms in total. The Labute approximate surface area is 173 Å². The van der Waals surface area contributed by atoms with Gasteiger partial charge in [-0.1, -0.05) is 0 Å². The lowest BCUT2D eigenvalue weighted by atomic mass is 10.1. The molecule has 10 N–H and O–H groups in total. The minimum atomic E-state index is -1.49. The number of aliphatic carboxylic acids is 2. The first-order valence-corrected chi connectivity index (χ1v) is 9.40. The van der Waals surface area contributed by atoms with Gasteiger partial charge >= 0.3 is 11.9 Å². The van der Waals surface area contributed by atoms with Gasteiger partial charge in [0.1, 0.15) is 18.1 Å². The molecule has 0 radical (unpaired) electrons. The van der Waals surface area contributed by atoms with Crippen LogP contribution in [0.25, 0.3) is 0 Å². The van der Waals surface area contributed by atoms with Gasteiger partial charge in [0.15, 0.2) is 0 Å². The molecule has 0 aliphatic carbocycles. The second kappa shape index (κ2) is 13.5. The van der Waals surface area contributed by atoms with Crippen molar-refractivity contribution >= 4 is 29.7 Å². The maximum absolute atomic E-state index is 12.4. The van der Waals surface area contributed by atoms with E-state index in [4.69, 9.17) is 16.6 Å². The number of carbonyl (C=O) groups excluding carboxylic acids is 3. The number of carbonyl (C=O) groups is 5. The summed E-state index contributed by atoms with van der Waals surface area (Å²) in [6, 6.07) is -5.29. The number of amides is 3. The molecule has 0 aromatic heterocycles. The highest BCUT2D eigenvalue weighted by Gasteiger charge is 2.31. The van der Waals surface area contributed by atoms with Crippen molar-refractivity contribution in [2.24, 2.45) is 11.5 Å². The molecule has 0 aromatic carbocycles. The molecule has 0 bridgehead atoms. The van der Waals surface area contributed by atoms with E-state index < -0.39 is 66.4 Å². The summed E-state index contributed by atoms with van der Waals surface area (Å²) >= 11 is 0. The van der Waals surface area contributed by atoms with Crippen molar-refractivity contribution < 1.29 is 39.3 Å². The third kappa shape index (κ3) is 10.1. The molecule has 0 saturated carbocycles. The van der Waals surface area contributed by atoms with E-state index in [1.165, 1.54) is 13.8 Å². The first-order chi connectivity index (χ1) is 13.9. The van der Waals surface area contributed by atoms with Crippen LogP contribution in [0.5, 0.6) is 0 Å². The first-order valence-electron chi connectivity index (χ1n) is 9.40. The molecule has 5 atom stereocenters. The van der Waals surface area contributed by atoms with Crippen LogP contribution in [0.3, 0.4) is 0 Å². The van der Waals surface area contributed by atoms with Crippen molar-refractivity contribution in [2.75, 3.05) is 6.54 Å². The molecule has 0 aromatic rings. The molecule has 0 saturated heterocycles. The lowest BCUT2D eigenvalue weighted by molar-refractivity contribution is -0.143. The number of hydrogen-bond acceptors (Lipinski definition) is 8. The summed E-state index contributed by atoms with van der Waals surface area (Å²) in [6.45, 7) is 2.86. The second-order valence-electron chi connectivity index (χ2n) is 6.85. The summed E-state index contributed by atoms with van der Waals surface area (Å²) in [7, 11) is 0. The summed E-state index contributed by atoms with van der Waals surface area (Å²) in [6.07, 6.45) is -0.868. The van der Waals surface area contributed by atoms with Gasteiger partial charge in [0, 0.05) is 0 Å². The highest BCUT2D eigenvalue weighted by atomic mass is 16.4. The standard InChI is InChI=1S/C17H31N5O8/c1-8(20-15(27)10(19)7-12(24)25)14(26)22-13(9(2)23)16(28)21-11(17(29)30)5-3-4-6-18/h8-11,13,23H,3-7,18-19H2,1-2H3,(H,20,27)(H,21,28)(H,22,26)(H,24,25)(H,29,30). The summed E-state index contributed by atoms with van der Waals surface area (Å²) in [5.41, 5.74) is 10.8. The molecule has 5 unspecified atom stereocenters. The fraction of sp³-hybridized carbons (Fsp3) is 0.706. The Hall–Kier alpha value is -2.77. The Morgan fingerprint density at radius 3 is 1.97 bits per heavy atom. The molecular formula is C17H31N5O8. The molecule has 172 valence electrons. The number of nitrogens with two attached hydrogens (primary N) is 2. The number of unbranched alkanes of at least 4 members (excludes halogenated alkanes) is 1. The van der Waals surface area contributed by atoms with Crippen LogP contribution >= 0.6 is 0 Å².